The van der Waals surface area contributed by atoms with Crippen LogP contribution in [0.3, 0.4) is 0 Å². The minimum atomic E-state index is -0.0534. The van der Waals surface area contributed by atoms with Crippen molar-refractivity contribution in [3.05, 3.63) is 24.3 Å². The Morgan fingerprint density at radius 2 is 1.95 bits per heavy atom. The number of hydrazine groups is 1. The van der Waals surface area contributed by atoms with E-state index in [9.17, 15) is 4.79 Å². The van der Waals surface area contributed by atoms with Gasteiger partial charge in [0.1, 0.15) is 0 Å². The van der Waals surface area contributed by atoms with E-state index < -0.39 is 0 Å². The van der Waals surface area contributed by atoms with E-state index in [1.165, 1.54) is 0 Å². The molecule has 5 nitrogen and oxygen atoms in total. The smallest absolute Gasteiger partial charge is 0.309 e. The van der Waals surface area contributed by atoms with Crippen molar-refractivity contribution in [2.45, 2.75) is 19.8 Å². The summed E-state index contributed by atoms with van der Waals surface area (Å²) < 4.78 is 5.09. The Morgan fingerprint density at radius 1 is 1.35 bits per heavy atom. The maximum atomic E-state index is 11.7. The van der Waals surface area contributed by atoms with Gasteiger partial charge in [0.15, 0.2) is 0 Å². The van der Waals surface area contributed by atoms with Gasteiger partial charge in [0.2, 0.25) is 0 Å². The first-order chi connectivity index (χ1) is 9.61. The molecule has 2 rings (SSSR count). The maximum absolute atomic E-state index is 11.7. The van der Waals surface area contributed by atoms with E-state index in [1.54, 1.807) is 0 Å². The standard InChI is InChI=1S/C15H23N3O2/c1-3-20-15(19)12-8-10-18(11-9-12)17(2)14-6-4-13(16)5-7-14/h4-7,12H,3,8-11,16H2,1-2H3. The summed E-state index contributed by atoms with van der Waals surface area (Å²) in [4.78, 5) is 11.7. The molecule has 20 heavy (non-hydrogen) atoms. The molecule has 0 bridgehead atoms. The highest BCUT2D eigenvalue weighted by molar-refractivity contribution is 5.72. The van der Waals surface area contributed by atoms with Gasteiger partial charge < -0.3 is 15.5 Å². The van der Waals surface area contributed by atoms with Crippen LogP contribution in [0.5, 0.6) is 0 Å². The van der Waals surface area contributed by atoms with Crippen LogP contribution >= 0.6 is 0 Å². The van der Waals surface area contributed by atoms with Crippen molar-refractivity contribution in [2.75, 3.05) is 37.5 Å². The van der Waals surface area contributed by atoms with Crippen LogP contribution in [0.2, 0.25) is 0 Å². The number of anilines is 2. The van der Waals surface area contributed by atoms with Crippen LogP contribution in [-0.4, -0.2) is 37.7 Å². The molecule has 1 aromatic carbocycles. The summed E-state index contributed by atoms with van der Waals surface area (Å²) in [5.74, 6) is -0.00620. The van der Waals surface area contributed by atoms with Crippen LogP contribution in [0.25, 0.3) is 0 Å². The van der Waals surface area contributed by atoms with Crippen LogP contribution in [0.15, 0.2) is 24.3 Å². The van der Waals surface area contributed by atoms with Crippen molar-refractivity contribution in [3.63, 3.8) is 0 Å². The summed E-state index contributed by atoms with van der Waals surface area (Å²) >= 11 is 0. The average molecular weight is 277 g/mol. The Morgan fingerprint density at radius 3 is 2.50 bits per heavy atom. The lowest BCUT2D eigenvalue weighted by Gasteiger charge is -2.38. The number of hydrogen-bond acceptors (Lipinski definition) is 5. The average Bonchev–Trinajstić information content (AvgIpc) is 2.48. The van der Waals surface area contributed by atoms with Gasteiger partial charge >= 0.3 is 5.97 Å². The predicted molar refractivity (Wildman–Crippen MR) is 80.2 cm³/mol. The third-order valence-corrected chi connectivity index (χ3v) is 3.78. The summed E-state index contributed by atoms with van der Waals surface area (Å²) in [7, 11) is 2.04. The van der Waals surface area contributed by atoms with Gasteiger partial charge in [0.05, 0.1) is 18.2 Å². The molecule has 1 saturated heterocycles. The second kappa shape index (κ2) is 6.61. The molecule has 110 valence electrons. The van der Waals surface area contributed by atoms with Crippen molar-refractivity contribution in [1.29, 1.82) is 0 Å². The van der Waals surface area contributed by atoms with E-state index in [0.717, 1.165) is 37.3 Å². The molecule has 2 N–H and O–H groups in total. The van der Waals surface area contributed by atoms with Crippen LogP contribution in [0, 0.1) is 5.92 Å². The number of nitrogens with two attached hydrogens (primary N) is 1. The lowest BCUT2D eigenvalue weighted by atomic mass is 9.98. The summed E-state index contributed by atoms with van der Waals surface area (Å²) in [5, 5.41) is 4.38. The molecule has 0 saturated carbocycles. The molecular formula is C15H23N3O2. The molecule has 0 amide bonds. The first-order valence-corrected chi connectivity index (χ1v) is 7.12. The fourth-order valence-corrected chi connectivity index (χ4v) is 2.52. The van der Waals surface area contributed by atoms with Gasteiger partial charge in [-0.1, -0.05) is 0 Å². The van der Waals surface area contributed by atoms with E-state index in [-0.39, 0.29) is 11.9 Å². The van der Waals surface area contributed by atoms with Crippen molar-refractivity contribution < 1.29 is 9.53 Å². The maximum Gasteiger partial charge on any atom is 0.309 e. The zero-order chi connectivity index (χ0) is 14.5. The second-order valence-corrected chi connectivity index (χ2v) is 5.10. The highest BCUT2D eigenvalue weighted by Crippen LogP contribution is 2.23. The summed E-state index contributed by atoms with van der Waals surface area (Å²) in [6.45, 7) is 4.04. The monoisotopic (exact) mass is 277 g/mol. The summed E-state index contributed by atoms with van der Waals surface area (Å²) in [5.41, 5.74) is 7.57. The first kappa shape index (κ1) is 14.7. The number of esters is 1. The summed E-state index contributed by atoms with van der Waals surface area (Å²) in [6.07, 6.45) is 1.69. The molecule has 0 spiro atoms. The molecule has 1 heterocycles. The van der Waals surface area contributed by atoms with Gasteiger partial charge in [-0.15, -0.1) is 0 Å². The number of carbonyl (C=O) groups is 1. The Hall–Kier alpha value is -1.75. The number of piperidine rings is 1. The number of nitrogen functional groups attached to an aromatic ring is 1. The number of nitrogens with zero attached hydrogens (tertiary/aromatic N) is 2. The van der Waals surface area contributed by atoms with Crippen molar-refractivity contribution >= 4 is 17.3 Å². The Balaban J connectivity index is 1.90. The van der Waals surface area contributed by atoms with Crippen LogP contribution < -0.4 is 10.7 Å². The Bertz CT molecular complexity index is 439. The fourth-order valence-electron chi connectivity index (χ4n) is 2.52. The topological polar surface area (TPSA) is 58.8 Å². The predicted octanol–water partition coefficient (Wildman–Crippen LogP) is 1.90. The number of rotatable bonds is 4. The largest absolute Gasteiger partial charge is 0.466 e. The van der Waals surface area contributed by atoms with Gasteiger partial charge in [-0.2, -0.15) is 0 Å². The van der Waals surface area contributed by atoms with Crippen LogP contribution in [0.4, 0.5) is 11.4 Å². The lowest BCUT2D eigenvalue weighted by molar-refractivity contribution is -0.149. The minimum absolute atomic E-state index is 0.0472. The van der Waals surface area contributed by atoms with Gasteiger partial charge in [0, 0.05) is 25.8 Å². The van der Waals surface area contributed by atoms with E-state index in [1.807, 2.05) is 38.2 Å². The van der Waals surface area contributed by atoms with Gasteiger partial charge in [-0.05, 0) is 44.0 Å². The Labute approximate surface area is 120 Å². The fraction of sp³-hybridized carbons (Fsp3) is 0.533. The molecule has 5 heteroatoms. The first-order valence-electron chi connectivity index (χ1n) is 7.12. The molecule has 1 aliphatic heterocycles. The SMILES string of the molecule is CCOC(=O)C1CCN(N(C)c2ccc(N)cc2)CC1. The molecule has 1 fully saturated rings. The lowest BCUT2D eigenvalue weighted by Crippen LogP contribution is -2.46. The van der Waals surface area contributed by atoms with E-state index in [4.69, 9.17) is 10.5 Å². The van der Waals surface area contributed by atoms with Crippen LogP contribution in [-0.2, 0) is 9.53 Å². The highest BCUT2D eigenvalue weighted by atomic mass is 16.5. The number of ether oxygens (including phenoxy) is 1. The molecule has 0 atom stereocenters. The molecular weight excluding hydrogens is 254 g/mol. The molecule has 0 radical (unpaired) electrons. The number of hydrogen-bond donors (Lipinski definition) is 1. The summed E-state index contributed by atoms with van der Waals surface area (Å²) in [6, 6.07) is 7.81. The van der Waals surface area contributed by atoms with Crippen LogP contribution in [0.1, 0.15) is 19.8 Å². The zero-order valence-corrected chi connectivity index (χ0v) is 12.2. The van der Waals surface area contributed by atoms with Gasteiger partial charge in [-0.25, -0.2) is 5.01 Å². The third kappa shape index (κ3) is 3.42. The van der Waals surface area contributed by atoms with Crippen molar-refractivity contribution in [1.82, 2.24) is 5.01 Å². The van der Waals surface area contributed by atoms with Crippen molar-refractivity contribution in [3.8, 4) is 0 Å². The minimum Gasteiger partial charge on any atom is -0.466 e. The number of benzene rings is 1. The Kier molecular flexibility index (Phi) is 4.84. The normalized spacial score (nSPS) is 16.9. The van der Waals surface area contributed by atoms with E-state index in [0.29, 0.717) is 6.61 Å². The molecule has 1 aromatic rings. The highest BCUT2D eigenvalue weighted by Gasteiger charge is 2.27. The third-order valence-electron chi connectivity index (χ3n) is 3.78. The molecule has 0 aliphatic carbocycles. The number of carbonyl (C=O) groups excluding carboxylic acids is 1. The quantitative estimate of drug-likeness (QED) is 0.673. The molecule has 1 aliphatic rings. The molecule has 0 unspecified atom stereocenters. The van der Waals surface area contributed by atoms with Gasteiger partial charge in [-0.3, -0.25) is 4.79 Å². The van der Waals surface area contributed by atoms with Crippen molar-refractivity contribution in [2.24, 2.45) is 5.92 Å². The van der Waals surface area contributed by atoms with Gasteiger partial charge in [0.25, 0.3) is 0 Å². The molecule has 0 aromatic heterocycles. The van der Waals surface area contributed by atoms with E-state index >= 15 is 0 Å². The van der Waals surface area contributed by atoms with E-state index in [2.05, 4.69) is 10.0 Å². The second-order valence-electron chi connectivity index (χ2n) is 5.10. The zero-order valence-electron chi connectivity index (χ0n) is 12.2.